The molecule has 8 heterocycles. The Kier molecular flexibility index (Phi) is 38.1. The number of nitrogens with one attached hydrogen (secondary N) is 4. The number of hydrogen-bond donors (Lipinski definition) is 8. The summed E-state index contributed by atoms with van der Waals surface area (Å²) < 4.78 is 84.0. The minimum absolute atomic E-state index is 0.00255. The van der Waals surface area contributed by atoms with E-state index in [-0.39, 0.29) is 76.8 Å². The molecule has 16 amide bonds. The van der Waals surface area contributed by atoms with Crippen molar-refractivity contribution in [2.24, 2.45) is 47.3 Å². The predicted molar refractivity (Wildman–Crippen MR) is 553 cm³/mol. The quantitative estimate of drug-likeness (QED) is 0.0175. The van der Waals surface area contributed by atoms with Gasteiger partial charge in [0.15, 0.2) is 0 Å². The first-order valence-corrected chi connectivity index (χ1v) is 51.7. The fraction of sp³-hybridized carbons (Fsp3) is 0.481. The molecular weight excluding hydrogens is 1950 g/mol. The van der Waals surface area contributed by atoms with Crippen LogP contribution in [0.5, 0.6) is 0 Å². The molecule has 32 nitrogen and oxygen atoms in total. The fourth-order valence-corrected chi connectivity index (χ4v) is 22.5. The van der Waals surface area contributed by atoms with E-state index in [2.05, 4.69) is 49.7 Å². The summed E-state index contributed by atoms with van der Waals surface area (Å²) >= 11 is 12.2. The van der Waals surface area contributed by atoms with Gasteiger partial charge in [0, 0.05) is 97.4 Å². The molecule has 8 aliphatic rings. The number of imide groups is 4. The van der Waals surface area contributed by atoms with Crippen molar-refractivity contribution in [3.8, 4) is 0 Å². The highest BCUT2D eigenvalue weighted by Gasteiger charge is 2.61. The number of benzene rings is 4. The number of nitrogen functional groups attached to an aromatic ring is 4. The highest BCUT2D eigenvalue weighted by Crippen LogP contribution is 2.44. The largest absolute Gasteiger partial charge is 0.408 e. The number of alkyl halides is 6. The van der Waals surface area contributed by atoms with Crippen LogP contribution in [-0.4, -0.2) is 199 Å². The first kappa shape index (κ1) is 112. The minimum atomic E-state index is -4.71. The number of carbonyl (C=O) groups excluding carboxylic acids is 12. The molecule has 4 aliphatic heterocycles. The maximum Gasteiger partial charge on any atom is 0.408 e. The molecule has 0 unspecified atom stereocenters. The first-order valence-electron chi connectivity index (χ1n) is 50.9. The number of β-lactam (4-membered cyclic amide) rings is 4. The van der Waals surface area contributed by atoms with Crippen molar-refractivity contribution in [3.05, 3.63) is 214 Å². The Morgan fingerprint density at radius 3 is 0.953 bits per heavy atom. The Morgan fingerprint density at radius 1 is 0.365 bits per heavy atom. The number of aryl methyl sites for hydroxylation is 1. The van der Waals surface area contributed by atoms with Crippen molar-refractivity contribution >= 4 is 141 Å². The summed E-state index contributed by atoms with van der Waals surface area (Å²) in [6.07, 6.45) is 16.0. The molecule has 0 bridgehead atoms. The van der Waals surface area contributed by atoms with Gasteiger partial charge in [-0.2, -0.15) is 26.3 Å². The Morgan fingerprint density at radius 2 is 0.649 bits per heavy atom. The summed E-state index contributed by atoms with van der Waals surface area (Å²) in [5, 5.41) is 10.8. The highest BCUT2D eigenvalue weighted by molar-refractivity contribution is 6.35. The number of urea groups is 4. The number of pyridine rings is 4. The zero-order valence-electron chi connectivity index (χ0n) is 84.2. The fourth-order valence-electron chi connectivity index (χ4n) is 22.0. The number of aromatic nitrogens is 4. The molecular formula is C108H132Cl2F6N20O12. The Hall–Kier alpha value is -13.5. The van der Waals surface area contributed by atoms with Gasteiger partial charge in [-0.05, 0) is 252 Å². The number of carbonyl (C=O) groups is 12. The molecule has 148 heavy (non-hydrogen) atoms. The van der Waals surface area contributed by atoms with Crippen LogP contribution in [0.25, 0.3) is 0 Å². The molecule has 4 saturated heterocycles. The van der Waals surface area contributed by atoms with Gasteiger partial charge in [0.25, 0.3) is 23.6 Å². The van der Waals surface area contributed by atoms with Crippen LogP contribution in [0, 0.1) is 54.3 Å². The van der Waals surface area contributed by atoms with Gasteiger partial charge in [0.05, 0.1) is 23.7 Å². The molecule has 8 fully saturated rings. The number of para-hydroxylation sites is 3. The SMILES string of the molecule is CCN(C(=O)[C@@H]1[C@@H](Cc2ccnc(N)c2)C(=O)N1C(=O)N[C@@H](C1CCCCC1)C(F)(F)F)c1ccccc1.CC[C@@H](NC(=O)N1C(=O)[C@H](Cc2ccnc(N)c2)[C@H]1C(=O)N(C)c1ccccc1)C1CCCCC1.CC[C@@H](NC(=O)N1C(=O)[C@H](Cc2ccnc(N)c2)[C@H]1C(=O)N(C)c1ccccc1C)C1CCCCC1.CN(C(=O)[C@@H]1[C@@H](Cc2ccnc(N)c2)C(=O)N1C(=O)N[C@@H](C1CCCCC1)C(F)(F)F)c1cc(Cl)cc(Cl)c1. The van der Waals surface area contributed by atoms with E-state index >= 15 is 0 Å². The molecule has 16 rings (SSSR count). The maximum atomic E-state index is 14.0. The highest BCUT2D eigenvalue weighted by atomic mass is 35.5. The Balaban J connectivity index is 0.000000165. The van der Waals surface area contributed by atoms with Gasteiger partial charge < -0.3 is 63.8 Å². The van der Waals surface area contributed by atoms with Crippen molar-refractivity contribution in [2.75, 3.05) is 70.2 Å². The number of halogens is 8. The van der Waals surface area contributed by atoms with Crippen LogP contribution in [0.2, 0.25) is 10.0 Å². The van der Waals surface area contributed by atoms with Gasteiger partial charge in [-0.15, -0.1) is 0 Å². The molecule has 0 spiro atoms. The normalized spacial score (nSPS) is 21.0. The summed E-state index contributed by atoms with van der Waals surface area (Å²) in [6.45, 7) is 8.04. The zero-order valence-corrected chi connectivity index (χ0v) is 85.7. The first-order chi connectivity index (χ1) is 70.7. The topological polar surface area (TPSA) is 435 Å². The maximum absolute atomic E-state index is 14.0. The van der Waals surface area contributed by atoms with Gasteiger partial charge in [-0.25, -0.2) is 39.1 Å². The van der Waals surface area contributed by atoms with E-state index in [0.29, 0.717) is 126 Å². The van der Waals surface area contributed by atoms with E-state index in [4.69, 9.17) is 46.1 Å². The Bertz CT molecular complexity index is 6000. The molecule has 4 aliphatic carbocycles. The second-order valence-corrected chi connectivity index (χ2v) is 40.4. The van der Waals surface area contributed by atoms with E-state index in [9.17, 15) is 83.9 Å². The predicted octanol–water partition coefficient (Wildman–Crippen LogP) is 17.4. The lowest BCUT2D eigenvalue weighted by Gasteiger charge is -2.46. The van der Waals surface area contributed by atoms with Crippen molar-refractivity contribution in [3.63, 3.8) is 0 Å². The summed E-state index contributed by atoms with van der Waals surface area (Å²) in [5.74, 6) is -6.80. The van der Waals surface area contributed by atoms with Gasteiger partial charge in [0.2, 0.25) is 23.6 Å². The number of anilines is 8. The lowest BCUT2D eigenvalue weighted by Crippen LogP contribution is -2.72. The third-order valence-electron chi connectivity index (χ3n) is 29.9. The van der Waals surface area contributed by atoms with Gasteiger partial charge in [-0.1, -0.05) is 169 Å². The second-order valence-electron chi connectivity index (χ2n) is 39.5. The molecule has 8 aromatic rings. The van der Waals surface area contributed by atoms with Gasteiger partial charge >= 0.3 is 36.5 Å². The number of hydrogen-bond acceptors (Lipinski definition) is 20. The molecule has 792 valence electrons. The van der Waals surface area contributed by atoms with Crippen LogP contribution < -0.4 is 63.8 Å². The molecule has 12 N–H and O–H groups in total. The minimum Gasteiger partial charge on any atom is -0.384 e. The van der Waals surface area contributed by atoms with Gasteiger partial charge in [0.1, 0.15) is 59.5 Å². The number of likely N-dealkylation sites (tertiary alicyclic amines) is 4. The third-order valence-corrected chi connectivity index (χ3v) is 30.3. The molecule has 12 atom stereocenters. The van der Waals surface area contributed by atoms with Crippen molar-refractivity contribution in [1.29, 1.82) is 0 Å². The lowest BCUT2D eigenvalue weighted by molar-refractivity contribution is -0.171. The molecule has 4 aromatic carbocycles. The number of rotatable bonds is 27. The summed E-state index contributed by atoms with van der Waals surface area (Å²) in [5.41, 5.74) is 29.2. The average Bonchev–Trinajstić information content (AvgIpc) is 0.740. The summed E-state index contributed by atoms with van der Waals surface area (Å²) in [4.78, 5) is 186. The van der Waals surface area contributed by atoms with E-state index in [1.54, 1.807) is 111 Å². The molecule has 4 aromatic heterocycles. The number of amides is 16. The van der Waals surface area contributed by atoms with Crippen LogP contribution in [0.3, 0.4) is 0 Å². The van der Waals surface area contributed by atoms with Crippen LogP contribution in [0.4, 0.5) is 91.5 Å². The smallest absolute Gasteiger partial charge is 0.384 e. The van der Waals surface area contributed by atoms with E-state index in [1.807, 2.05) is 66.8 Å². The average molecular weight is 2090 g/mol. The van der Waals surface area contributed by atoms with Crippen LogP contribution in [0.15, 0.2) is 176 Å². The molecule has 4 saturated carbocycles. The standard InChI is InChI=1S/C28H37N5O3.C27H32F3N5O3.C27H35N5O3.C26H28Cl2F3N5O3/c1-4-22(20-11-6-5-7-12-20)31-28(36)33-25(27(35)32(3)23-13-9-8-10-18(23)2)21(26(33)34)16-19-14-15-30-24(29)17-19;1-2-34(19-11-7-4-8-12-19)25(37)22-20(15-17-13-14-32-21(31)16-17)24(36)35(22)26(38)33-23(27(28,29)30)18-9-5-3-6-10-18;1-3-22(19-10-6-4-7-11-19)30-27(35)32-24(26(34)31(2)20-12-8-5-9-13-20)21(25(32)33)16-18-14-15-29-23(28)17-18;1-35(18-12-16(27)11-17(28)13-18)24(38)21-19(9-14-7-8-33-20(32)10-14)23(37)36(21)25(39)34-22(26(29,30)31)15-5-3-2-4-6-15/h8-10,13-15,17,20-22,25H,4-7,11-12,16H2,1-3H3,(H2,29,30)(H,31,36);4,7-8,11-14,16,18,20,22-23H,2-3,5-6,9-10,15H2,1H3,(H2,31,32)(H,33,38);5,8-9,12-15,17,19,21-22,24H,3-4,6-7,10-11,16H2,1-2H3,(H2,28,29)(H,30,35);7-8,10-13,15,19,21-22H,2-6,9H2,1H3,(H2,32,33)(H,34,39)/t21-,22-,25+;20-,22+,23+;21-,22-,24+;19-,21+,22+/m1111/s1. The third kappa shape index (κ3) is 27.0. The number of nitrogens with zero attached hydrogens (tertiary/aromatic N) is 12. The van der Waals surface area contributed by atoms with Crippen LogP contribution >= 0.6 is 23.2 Å². The second kappa shape index (κ2) is 50.5. The monoisotopic (exact) mass is 2080 g/mol. The van der Waals surface area contributed by atoms with Gasteiger partial charge in [-0.3, -0.25) is 58.0 Å². The van der Waals surface area contributed by atoms with Crippen LogP contribution in [-0.2, 0) is 64.0 Å². The lowest BCUT2D eigenvalue weighted by atomic mass is 9.81. The zero-order chi connectivity index (χ0) is 107. The van der Waals surface area contributed by atoms with Crippen molar-refractivity contribution in [1.82, 2.24) is 60.8 Å². The van der Waals surface area contributed by atoms with E-state index in [0.717, 1.165) is 83.5 Å². The van der Waals surface area contributed by atoms with E-state index in [1.165, 1.54) is 96.9 Å². The Labute approximate surface area is 867 Å². The summed E-state index contributed by atoms with van der Waals surface area (Å²) in [6, 6.07) is 31.2. The molecule has 0 radical (unpaired) electrons. The summed E-state index contributed by atoms with van der Waals surface area (Å²) in [7, 11) is 4.78. The van der Waals surface area contributed by atoms with Crippen molar-refractivity contribution < 1.29 is 83.9 Å². The van der Waals surface area contributed by atoms with Crippen molar-refractivity contribution in [2.45, 2.75) is 255 Å². The van der Waals surface area contributed by atoms with Crippen LogP contribution in [0.1, 0.15) is 190 Å². The van der Waals surface area contributed by atoms with E-state index < -0.39 is 132 Å². The number of nitrogens with two attached hydrogens (primary N) is 4. The number of likely N-dealkylation sites (N-methyl/N-ethyl adjacent to an activating group) is 4. The molecule has 40 heteroatoms.